The summed E-state index contributed by atoms with van der Waals surface area (Å²) >= 11 is 0. The number of carbonyl (C=O) groups is 2. The number of carbonyl (C=O) groups excluding carboxylic acids is 2. The molecule has 0 radical (unpaired) electrons. The van der Waals surface area contributed by atoms with E-state index in [0.717, 1.165) is 70.6 Å². The van der Waals surface area contributed by atoms with Crippen molar-refractivity contribution in [3.63, 3.8) is 0 Å². The number of phosphoric ester groups is 1. The van der Waals surface area contributed by atoms with Crippen molar-refractivity contribution in [3.8, 4) is 0 Å². The minimum atomic E-state index is -4.62. The summed E-state index contributed by atoms with van der Waals surface area (Å²) in [6.45, 7) is 2.21. The van der Waals surface area contributed by atoms with Crippen LogP contribution in [0, 0.1) is 0 Å². The highest BCUT2D eigenvalue weighted by Gasteiger charge is 2.27. The van der Waals surface area contributed by atoms with E-state index in [1.165, 1.54) is 57.8 Å². The molecule has 0 amide bonds. The summed E-state index contributed by atoms with van der Waals surface area (Å²) < 4.78 is 32.6. The fourth-order valence-corrected chi connectivity index (χ4v) is 6.07. The average Bonchev–Trinajstić information content (AvgIpc) is 3.14. The fraction of sp³-hybridized carbons (Fsp3) is 0.762. The molecular formula is C42H75O10P. The third-order valence-electron chi connectivity index (χ3n) is 8.47. The maximum absolute atomic E-state index is 12.6. The number of phosphoric acid groups is 1. The molecule has 0 spiro atoms. The van der Waals surface area contributed by atoms with Gasteiger partial charge in [-0.05, 0) is 64.2 Å². The second kappa shape index (κ2) is 38.2. The monoisotopic (exact) mass is 771 g/mol. The van der Waals surface area contributed by atoms with Crippen LogP contribution in [-0.4, -0.2) is 65.7 Å². The third-order valence-corrected chi connectivity index (χ3v) is 9.42. The maximum atomic E-state index is 12.6. The Kier molecular flexibility index (Phi) is 36.7. The van der Waals surface area contributed by atoms with Crippen molar-refractivity contribution in [3.05, 3.63) is 48.6 Å². The van der Waals surface area contributed by atoms with Gasteiger partial charge in [0.2, 0.25) is 0 Å². The Balaban J connectivity index is 4.35. The molecule has 3 N–H and O–H groups in total. The molecule has 11 heteroatoms. The molecule has 0 aliphatic heterocycles. The number of hydrogen-bond donors (Lipinski definition) is 3. The van der Waals surface area contributed by atoms with E-state index in [0.29, 0.717) is 12.8 Å². The Morgan fingerprint density at radius 3 is 1.58 bits per heavy atom. The van der Waals surface area contributed by atoms with Crippen LogP contribution in [0.1, 0.15) is 168 Å². The largest absolute Gasteiger partial charge is 0.472 e. The van der Waals surface area contributed by atoms with Gasteiger partial charge in [0.25, 0.3) is 0 Å². The first-order valence-corrected chi connectivity index (χ1v) is 22.1. The first-order chi connectivity index (χ1) is 25.7. The van der Waals surface area contributed by atoms with E-state index in [9.17, 15) is 24.2 Å². The third kappa shape index (κ3) is 38.0. The van der Waals surface area contributed by atoms with E-state index < -0.39 is 51.8 Å². The summed E-state index contributed by atoms with van der Waals surface area (Å²) in [5.41, 5.74) is 0. The molecule has 0 bridgehead atoms. The van der Waals surface area contributed by atoms with Gasteiger partial charge in [0, 0.05) is 12.8 Å². The molecule has 0 heterocycles. The number of esters is 2. The Bertz CT molecular complexity index is 1030. The standard InChI is InChI=1S/C42H75O10P/c1-3-5-7-9-11-13-15-17-19-21-23-25-27-29-31-33-41(45)49-37-40(38-51-53(47,48)50-36-39(44)35-43)52-42(46)34-32-30-28-26-24-22-20-18-16-14-12-10-8-6-4-2/h5,7,10-13,17,19,39-40,43-44H,3-4,6,8-9,14-16,18,20-38H2,1-2H3,(H,47,48)/b7-5+,12-10+,13-11+,19-17+/t39-,40+/m0/s1. The van der Waals surface area contributed by atoms with Gasteiger partial charge >= 0.3 is 19.8 Å². The minimum Gasteiger partial charge on any atom is -0.462 e. The second-order valence-corrected chi connectivity index (χ2v) is 15.1. The number of unbranched alkanes of at least 4 members (excludes halogenated alkanes) is 16. The molecule has 0 aliphatic rings. The quantitative estimate of drug-likeness (QED) is 0.0240. The fourth-order valence-electron chi connectivity index (χ4n) is 5.28. The molecule has 0 fully saturated rings. The zero-order valence-corrected chi connectivity index (χ0v) is 34.1. The minimum absolute atomic E-state index is 0.177. The Morgan fingerprint density at radius 2 is 1.04 bits per heavy atom. The average molecular weight is 771 g/mol. The first kappa shape index (κ1) is 50.9. The number of aliphatic hydroxyl groups is 2. The van der Waals surface area contributed by atoms with Crippen molar-refractivity contribution in [2.45, 2.75) is 180 Å². The van der Waals surface area contributed by atoms with Gasteiger partial charge in [0.1, 0.15) is 12.7 Å². The molecule has 0 saturated heterocycles. The smallest absolute Gasteiger partial charge is 0.462 e. The van der Waals surface area contributed by atoms with Crippen LogP contribution in [0.2, 0.25) is 0 Å². The molecule has 53 heavy (non-hydrogen) atoms. The van der Waals surface area contributed by atoms with Crippen molar-refractivity contribution in [1.82, 2.24) is 0 Å². The number of ether oxygens (including phenoxy) is 2. The molecule has 10 nitrogen and oxygen atoms in total. The van der Waals surface area contributed by atoms with Gasteiger partial charge in [-0.2, -0.15) is 0 Å². The lowest BCUT2D eigenvalue weighted by Crippen LogP contribution is -2.29. The van der Waals surface area contributed by atoms with Crippen molar-refractivity contribution in [1.29, 1.82) is 0 Å². The van der Waals surface area contributed by atoms with Gasteiger partial charge in [-0.3, -0.25) is 18.6 Å². The van der Waals surface area contributed by atoms with Crippen molar-refractivity contribution in [2.24, 2.45) is 0 Å². The summed E-state index contributed by atoms with van der Waals surface area (Å²) in [5.74, 6) is -0.949. The van der Waals surface area contributed by atoms with Gasteiger partial charge in [-0.15, -0.1) is 0 Å². The van der Waals surface area contributed by atoms with Crippen LogP contribution in [0.25, 0.3) is 0 Å². The number of hydrogen-bond acceptors (Lipinski definition) is 9. The Morgan fingerprint density at radius 1 is 0.585 bits per heavy atom. The summed E-state index contributed by atoms with van der Waals surface area (Å²) in [6, 6.07) is 0. The van der Waals surface area contributed by atoms with Gasteiger partial charge in [0.15, 0.2) is 6.10 Å². The predicted octanol–water partition coefficient (Wildman–Crippen LogP) is 10.6. The molecular weight excluding hydrogens is 695 g/mol. The number of allylic oxidation sites excluding steroid dienone is 8. The first-order valence-electron chi connectivity index (χ1n) is 20.6. The number of rotatable bonds is 38. The van der Waals surface area contributed by atoms with Crippen molar-refractivity contribution < 1.29 is 47.8 Å². The number of aliphatic hydroxyl groups excluding tert-OH is 2. The summed E-state index contributed by atoms with van der Waals surface area (Å²) in [4.78, 5) is 34.9. The Labute approximate surface area is 322 Å². The van der Waals surface area contributed by atoms with Crippen LogP contribution in [-0.2, 0) is 32.7 Å². The van der Waals surface area contributed by atoms with E-state index >= 15 is 0 Å². The van der Waals surface area contributed by atoms with Crippen molar-refractivity contribution in [2.75, 3.05) is 26.4 Å². The topological polar surface area (TPSA) is 149 Å². The molecule has 1 unspecified atom stereocenters. The second-order valence-electron chi connectivity index (χ2n) is 13.6. The molecule has 0 saturated carbocycles. The summed E-state index contributed by atoms with van der Waals surface area (Å²) in [6.07, 6.45) is 39.3. The van der Waals surface area contributed by atoms with Gasteiger partial charge in [-0.25, -0.2) is 4.57 Å². The SMILES string of the molecule is CC/C=C/C/C=C/C/C=C/CCCCCCCC(=O)OC[C@H](COP(=O)(O)OC[C@@H](O)CO)OC(=O)CCCCCCCCCCC/C=C/CCCC. The normalized spacial score (nSPS) is 14.4. The van der Waals surface area contributed by atoms with Crippen LogP contribution >= 0.6 is 7.82 Å². The molecule has 0 aromatic heterocycles. The zero-order chi connectivity index (χ0) is 39.1. The van der Waals surface area contributed by atoms with Crippen LogP contribution < -0.4 is 0 Å². The van der Waals surface area contributed by atoms with E-state index in [-0.39, 0.29) is 19.4 Å². The molecule has 308 valence electrons. The molecule has 0 aliphatic carbocycles. The zero-order valence-electron chi connectivity index (χ0n) is 33.2. The van der Waals surface area contributed by atoms with E-state index in [1.807, 2.05) is 0 Å². The highest BCUT2D eigenvalue weighted by Crippen LogP contribution is 2.43. The lowest BCUT2D eigenvalue weighted by atomic mass is 10.1. The lowest BCUT2D eigenvalue weighted by Gasteiger charge is -2.20. The molecule has 0 aromatic rings. The van der Waals surface area contributed by atoms with Crippen LogP contribution in [0.15, 0.2) is 48.6 Å². The summed E-state index contributed by atoms with van der Waals surface area (Å²) in [7, 11) is -4.62. The highest BCUT2D eigenvalue weighted by molar-refractivity contribution is 7.47. The van der Waals surface area contributed by atoms with E-state index in [4.69, 9.17) is 19.1 Å². The van der Waals surface area contributed by atoms with Gasteiger partial charge < -0.3 is 24.6 Å². The molecule has 0 rings (SSSR count). The van der Waals surface area contributed by atoms with E-state index in [2.05, 4.69) is 67.0 Å². The van der Waals surface area contributed by atoms with Crippen LogP contribution in [0.3, 0.4) is 0 Å². The predicted molar refractivity (Wildman–Crippen MR) is 214 cm³/mol. The van der Waals surface area contributed by atoms with Gasteiger partial charge in [-0.1, -0.05) is 140 Å². The lowest BCUT2D eigenvalue weighted by molar-refractivity contribution is -0.161. The summed E-state index contributed by atoms with van der Waals surface area (Å²) in [5, 5.41) is 18.3. The molecule has 3 atom stereocenters. The Hall–Kier alpha value is -2.07. The maximum Gasteiger partial charge on any atom is 0.472 e. The van der Waals surface area contributed by atoms with Crippen molar-refractivity contribution >= 4 is 19.8 Å². The van der Waals surface area contributed by atoms with Crippen LogP contribution in [0.5, 0.6) is 0 Å². The van der Waals surface area contributed by atoms with E-state index in [1.54, 1.807) is 0 Å². The van der Waals surface area contributed by atoms with Crippen LogP contribution in [0.4, 0.5) is 0 Å². The molecule has 0 aromatic carbocycles. The highest BCUT2D eigenvalue weighted by atomic mass is 31.2. The van der Waals surface area contributed by atoms with Gasteiger partial charge in [0.05, 0.1) is 19.8 Å².